The first kappa shape index (κ1) is 17.6. The average molecular weight is 365 g/mol. The quantitative estimate of drug-likeness (QED) is 0.717. The minimum absolute atomic E-state index is 0.0407. The molecule has 1 fully saturated rings. The third-order valence-corrected chi connectivity index (χ3v) is 4.79. The van der Waals surface area contributed by atoms with E-state index in [0.717, 1.165) is 49.4 Å². The van der Waals surface area contributed by atoms with E-state index in [1.165, 1.54) is 0 Å². The van der Waals surface area contributed by atoms with Gasteiger partial charge in [0.15, 0.2) is 0 Å². The number of carbonyl (C=O) groups is 1. The lowest BCUT2D eigenvalue weighted by Gasteiger charge is -2.26. The first-order valence-corrected chi connectivity index (χ1v) is 9.25. The maximum absolute atomic E-state index is 12.3. The second-order valence-corrected chi connectivity index (χ2v) is 6.64. The van der Waals surface area contributed by atoms with Crippen molar-refractivity contribution in [3.8, 4) is 0 Å². The van der Waals surface area contributed by atoms with Gasteiger partial charge in [-0.25, -0.2) is 4.68 Å². The zero-order chi connectivity index (χ0) is 18.5. The topological polar surface area (TPSA) is 72.3 Å². The number of aromatic nitrogens is 3. The summed E-state index contributed by atoms with van der Waals surface area (Å²) in [6, 6.07) is 15.5. The minimum atomic E-state index is -0.0407. The van der Waals surface area contributed by atoms with E-state index in [9.17, 15) is 4.79 Å². The molecule has 1 aliphatic heterocycles. The molecule has 1 N–H and O–H groups in total. The molecule has 140 valence electrons. The summed E-state index contributed by atoms with van der Waals surface area (Å²) in [7, 11) is 0. The number of ether oxygens (including phenoxy) is 1. The van der Waals surface area contributed by atoms with Crippen LogP contribution < -0.4 is 5.32 Å². The van der Waals surface area contributed by atoms with Crippen molar-refractivity contribution in [2.45, 2.75) is 6.54 Å². The SMILES string of the molecule is O=C(NCCN1CCOCC1)c1ccc(Cn2nnc3ccccc32)cc1. The fourth-order valence-corrected chi connectivity index (χ4v) is 3.22. The number of para-hydroxylation sites is 1. The van der Waals surface area contributed by atoms with Crippen LogP contribution in [-0.2, 0) is 11.3 Å². The third-order valence-electron chi connectivity index (χ3n) is 4.79. The van der Waals surface area contributed by atoms with Crippen molar-refractivity contribution in [1.29, 1.82) is 0 Å². The fourth-order valence-electron chi connectivity index (χ4n) is 3.22. The summed E-state index contributed by atoms with van der Waals surface area (Å²) in [6.45, 7) is 5.54. The molecule has 7 heteroatoms. The standard InChI is InChI=1S/C20H23N5O2/c26-20(21-9-10-24-11-13-27-14-12-24)17-7-5-16(6-8-17)15-25-19-4-2-1-3-18(19)22-23-25/h1-8H,9-15H2,(H,21,26). The molecule has 0 unspecified atom stereocenters. The van der Waals surface area contributed by atoms with Crippen LogP contribution >= 0.6 is 0 Å². The number of rotatable bonds is 6. The van der Waals surface area contributed by atoms with Crippen molar-refractivity contribution < 1.29 is 9.53 Å². The Morgan fingerprint density at radius 2 is 1.85 bits per heavy atom. The number of hydrogen-bond donors (Lipinski definition) is 1. The molecule has 1 aromatic heterocycles. The van der Waals surface area contributed by atoms with Crippen LogP contribution in [0.5, 0.6) is 0 Å². The first-order chi connectivity index (χ1) is 13.3. The predicted octanol–water partition coefficient (Wildman–Crippen LogP) is 1.54. The van der Waals surface area contributed by atoms with Crippen LogP contribution in [0, 0.1) is 0 Å². The number of morpholine rings is 1. The molecule has 0 radical (unpaired) electrons. The van der Waals surface area contributed by atoms with E-state index < -0.39 is 0 Å². The van der Waals surface area contributed by atoms with Gasteiger partial charge in [-0.05, 0) is 29.8 Å². The molecule has 0 bridgehead atoms. The maximum Gasteiger partial charge on any atom is 0.251 e. The molecule has 3 aromatic rings. The van der Waals surface area contributed by atoms with Crippen LogP contribution in [-0.4, -0.2) is 65.2 Å². The highest BCUT2D eigenvalue weighted by Crippen LogP contribution is 2.13. The van der Waals surface area contributed by atoms with E-state index in [1.54, 1.807) is 0 Å². The van der Waals surface area contributed by atoms with Gasteiger partial charge in [-0.1, -0.05) is 29.5 Å². The van der Waals surface area contributed by atoms with E-state index in [-0.39, 0.29) is 5.91 Å². The molecule has 7 nitrogen and oxygen atoms in total. The maximum atomic E-state index is 12.3. The van der Waals surface area contributed by atoms with Crippen molar-refractivity contribution >= 4 is 16.9 Å². The van der Waals surface area contributed by atoms with Crippen LogP contribution in [0.2, 0.25) is 0 Å². The van der Waals surface area contributed by atoms with Crippen molar-refractivity contribution in [2.24, 2.45) is 0 Å². The van der Waals surface area contributed by atoms with Crippen molar-refractivity contribution in [1.82, 2.24) is 25.2 Å². The lowest BCUT2D eigenvalue weighted by atomic mass is 10.1. The van der Waals surface area contributed by atoms with Gasteiger partial charge in [0.25, 0.3) is 5.91 Å². The molecular formula is C20H23N5O2. The van der Waals surface area contributed by atoms with Crippen LogP contribution in [0.3, 0.4) is 0 Å². The van der Waals surface area contributed by atoms with E-state index >= 15 is 0 Å². The summed E-state index contributed by atoms with van der Waals surface area (Å²) >= 11 is 0. The number of nitrogens with one attached hydrogen (secondary N) is 1. The molecule has 2 aromatic carbocycles. The number of amides is 1. The Morgan fingerprint density at radius 1 is 1.07 bits per heavy atom. The lowest BCUT2D eigenvalue weighted by Crippen LogP contribution is -2.41. The van der Waals surface area contributed by atoms with Gasteiger partial charge in [-0.2, -0.15) is 0 Å². The predicted molar refractivity (Wildman–Crippen MR) is 103 cm³/mol. The van der Waals surface area contributed by atoms with E-state index in [4.69, 9.17) is 4.74 Å². The van der Waals surface area contributed by atoms with E-state index in [1.807, 2.05) is 53.2 Å². The summed E-state index contributed by atoms with van der Waals surface area (Å²) in [6.07, 6.45) is 0. The highest BCUT2D eigenvalue weighted by molar-refractivity contribution is 5.94. The van der Waals surface area contributed by atoms with Crippen molar-refractivity contribution in [2.75, 3.05) is 39.4 Å². The normalized spacial score (nSPS) is 15.1. The molecule has 0 spiro atoms. The summed E-state index contributed by atoms with van der Waals surface area (Å²) in [5, 5.41) is 11.4. The zero-order valence-corrected chi connectivity index (χ0v) is 15.2. The Balaban J connectivity index is 1.32. The van der Waals surface area contributed by atoms with Gasteiger partial charge >= 0.3 is 0 Å². The summed E-state index contributed by atoms with van der Waals surface area (Å²) < 4.78 is 7.20. The Kier molecular flexibility index (Phi) is 5.41. The monoisotopic (exact) mass is 365 g/mol. The van der Waals surface area contributed by atoms with Gasteiger partial charge in [0, 0.05) is 31.7 Å². The average Bonchev–Trinajstić information content (AvgIpc) is 3.12. The highest BCUT2D eigenvalue weighted by atomic mass is 16.5. The van der Waals surface area contributed by atoms with E-state index in [0.29, 0.717) is 18.7 Å². The number of carbonyl (C=O) groups excluding carboxylic acids is 1. The van der Waals surface area contributed by atoms with Gasteiger partial charge in [-0.3, -0.25) is 9.69 Å². The molecule has 1 aliphatic rings. The lowest BCUT2D eigenvalue weighted by molar-refractivity contribution is 0.0383. The molecular weight excluding hydrogens is 342 g/mol. The summed E-state index contributed by atoms with van der Waals surface area (Å²) in [4.78, 5) is 14.6. The van der Waals surface area contributed by atoms with Crippen LogP contribution in [0.15, 0.2) is 48.5 Å². The highest BCUT2D eigenvalue weighted by Gasteiger charge is 2.11. The Labute approximate surface area is 157 Å². The number of hydrogen-bond acceptors (Lipinski definition) is 5. The molecule has 0 atom stereocenters. The summed E-state index contributed by atoms with van der Waals surface area (Å²) in [5.41, 5.74) is 3.64. The molecule has 0 aliphatic carbocycles. The molecule has 1 amide bonds. The number of benzene rings is 2. The van der Waals surface area contributed by atoms with Crippen LogP contribution in [0.1, 0.15) is 15.9 Å². The van der Waals surface area contributed by atoms with Crippen molar-refractivity contribution in [3.63, 3.8) is 0 Å². The number of nitrogens with zero attached hydrogens (tertiary/aromatic N) is 4. The molecule has 0 saturated carbocycles. The van der Waals surface area contributed by atoms with E-state index in [2.05, 4.69) is 20.5 Å². The second-order valence-electron chi connectivity index (χ2n) is 6.64. The zero-order valence-electron chi connectivity index (χ0n) is 15.2. The van der Waals surface area contributed by atoms with Crippen LogP contribution in [0.4, 0.5) is 0 Å². The largest absolute Gasteiger partial charge is 0.379 e. The Morgan fingerprint density at radius 3 is 2.67 bits per heavy atom. The molecule has 27 heavy (non-hydrogen) atoms. The van der Waals surface area contributed by atoms with Gasteiger partial charge in [0.1, 0.15) is 5.52 Å². The molecule has 4 rings (SSSR count). The smallest absolute Gasteiger partial charge is 0.251 e. The number of fused-ring (bicyclic) bond motifs is 1. The minimum Gasteiger partial charge on any atom is -0.379 e. The van der Waals surface area contributed by atoms with Crippen LogP contribution in [0.25, 0.3) is 11.0 Å². The van der Waals surface area contributed by atoms with Gasteiger partial charge in [-0.15, -0.1) is 5.10 Å². The Bertz CT molecular complexity index is 900. The van der Waals surface area contributed by atoms with Crippen molar-refractivity contribution in [3.05, 3.63) is 59.7 Å². The van der Waals surface area contributed by atoms with Gasteiger partial charge in [0.05, 0.1) is 25.3 Å². The van der Waals surface area contributed by atoms with Gasteiger partial charge in [0.2, 0.25) is 0 Å². The Hall–Kier alpha value is -2.77. The van der Waals surface area contributed by atoms with Gasteiger partial charge < -0.3 is 10.1 Å². The molecule has 1 saturated heterocycles. The first-order valence-electron chi connectivity index (χ1n) is 9.25. The summed E-state index contributed by atoms with van der Waals surface area (Å²) in [5.74, 6) is -0.0407. The second kappa shape index (κ2) is 8.28. The fraction of sp³-hybridized carbons (Fsp3) is 0.350. The third kappa shape index (κ3) is 4.32. The molecule has 2 heterocycles.